The first-order valence-electron chi connectivity index (χ1n) is 10.0. The van der Waals surface area contributed by atoms with E-state index in [0.29, 0.717) is 35.7 Å². The van der Waals surface area contributed by atoms with Crippen LogP contribution in [-0.4, -0.2) is 53.6 Å². The Bertz CT molecular complexity index is 856. The largest absolute Gasteiger partial charge is 0.366 e. The summed E-state index contributed by atoms with van der Waals surface area (Å²) in [7, 11) is 2.00. The number of hydrogen-bond acceptors (Lipinski definition) is 7. The summed E-state index contributed by atoms with van der Waals surface area (Å²) < 4.78 is 0. The van der Waals surface area contributed by atoms with Crippen LogP contribution in [0.3, 0.4) is 0 Å². The summed E-state index contributed by atoms with van der Waals surface area (Å²) in [5.74, 6) is 1.45. The van der Waals surface area contributed by atoms with E-state index in [4.69, 9.17) is 10.7 Å². The topological polar surface area (TPSA) is 109 Å². The Labute approximate surface area is 172 Å². The van der Waals surface area contributed by atoms with Gasteiger partial charge in [-0.25, -0.2) is 0 Å². The van der Waals surface area contributed by atoms with Crippen LogP contribution in [0, 0.1) is 5.41 Å². The van der Waals surface area contributed by atoms with E-state index in [1.54, 1.807) is 12.1 Å². The number of anilines is 2. The van der Waals surface area contributed by atoms with Gasteiger partial charge >= 0.3 is 0 Å². The summed E-state index contributed by atoms with van der Waals surface area (Å²) in [6.45, 7) is 9.26. The maximum atomic E-state index is 11.5. The molecule has 8 heteroatoms. The van der Waals surface area contributed by atoms with E-state index in [2.05, 4.69) is 46.3 Å². The maximum Gasteiger partial charge on any atom is 0.248 e. The number of carbonyl (C=O) groups is 1. The van der Waals surface area contributed by atoms with Crippen molar-refractivity contribution in [3.63, 3.8) is 0 Å². The van der Waals surface area contributed by atoms with E-state index < -0.39 is 5.91 Å². The predicted octanol–water partition coefficient (Wildman–Crippen LogP) is 1.82. The molecule has 1 aromatic heterocycles. The standard InChI is InChI=1S/C21H31N7O/c1-21(2,3)13-28(4)20-26-17(11-14-6-5-7-15(10-14)18(22)29)25-19(27-20)24-16-8-9-23-12-16/h5-7,10,16,23H,8-9,11-13H2,1-4H3,(H2,22,29)(H,24,25,26,27)/t16-/m0/s1. The molecule has 0 unspecified atom stereocenters. The Balaban J connectivity index is 1.88. The van der Waals surface area contributed by atoms with Crippen LogP contribution in [0.5, 0.6) is 0 Å². The minimum absolute atomic E-state index is 0.111. The number of benzene rings is 1. The van der Waals surface area contributed by atoms with Crippen molar-refractivity contribution in [2.24, 2.45) is 11.1 Å². The normalized spacial score (nSPS) is 16.6. The Morgan fingerprint density at radius 2 is 2.10 bits per heavy atom. The summed E-state index contributed by atoms with van der Waals surface area (Å²) in [6.07, 6.45) is 1.53. The predicted molar refractivity (Wildman–Crippen MR) is 115 cm³/mol. The summed E-state index contributed by atoms with van der Waals surface area (Å²) in [6, 6.07) is 7.58. The number of aromatic nitrogens is 3. The fourth-order valence-electron chi connectivity index (χ4n) is 3.48. The molecule has 1 aromatic carbocycles. The molecular formula is C21H31N7O. The van der Waals surface area contributed by atoms with Gasteiger partial charge in [0.15, 0.2) is 0 Å². The molecule has 0 aliphatic carbocycles. The first-order chi connectivity index (χ1) is 13.7. The minimum Gasteiger partial charge on any atom is -0.366 e. The van der Waals surface area contributed by atoms with Gasteiger partial charge in [-0.3, -0.25) is 4.79 Å². The van der Waals surface area contributed by atoms with Gasteiger partial charge in [-0.15, -0.1) is 0 Å². The quantitative estimate of drug-likeness (QED) is 0.654. The number of nitrogens with zero attached hydrogens (tertiary/aromatic N) is 4. The third-order valence-electron chi connectivity index (χ3n) is 4.69. The van der Waals surface area contributed by atoms with Crippen LogP contribution in [-0.2, 0) is 6.42 Å². The lowest BCUT2D eigenvalue weighted by Crippen LogP contribution is -2.31. The van der Waals surface area contributed by atoms with Crippen molar-refractivity contribution in [2.45, 2.75) is 39.7 Å². The Hall–Kier alpha value is -2.74. The first kappa shape index (κ1) is 21.0. The molecule has 29 heavy (non-hydrogen) atoms. The zero-order valence-electron chi connectivity index (χ0n) is 17.7. The Morgan fingerprint density at radius 1 is 1.31 bits per heavy atom. The molecule has 0 bridgehead atoms. The zero-order chi connectivity index (χ0) is 21.0. The highest BCUT2D eigenvalue weighted by molar-refractivity contribution is 5.92. The highest BCUT2D eigenvalue weighted by Crippen LogP contribution is 2.20. The lowest BCUT2D eigenvalue weighted by atomic mass is 9.96. The summed E-state index contributed by atoms with van der Waals surface area (Å²) >= 11 is 0. The highest BCUT2D eigenvalue weighted by atomic mass is 16.1. The maximum absolute atomic E-state index is 11.5. The van der Waals surface area contributed by atoms with Crippen LogP contribution in [0.2, 0.25) is 0 Å². The molecule has 0 spiro atoms. The van der Waals surface area contributed by atoms with Crippen LogP contribution in [0.4, 0.5) is 11.9 Å². The van der Waals surface area contributed by atoms with E-state index in [1.165, 1.54) is 0 Å². The second-order valence-electron chi connectivity index (χ2n) is 8.87. The number of primary amides is 1. The molecule has 1 aliphatic heterocycles. The van der Waals surface area contributed by atoms with Crippen molar-refractivity contribution < 1.29 is 4.79 Å². The second kappa shape index (κ2) is 8.73. The third kappa shape index (κ3) is 6.12. The van der Waals surface area contributed by atoms with Gasteiger partial charge in [0.2, 0.25) is 17.8 Å². The van der Waals surface area contributed by atoms with Crippen molar-refractivity contribution in [3.05, 3.63) is 41.2 Å². The number of carbonyl (C=O) groups excluding carboxylic acids is 1. The average molecular weight is 398 g/mol. The Kier molecular flexibility index (Phi) is 6.32. The minimum atomic E-state index is -0.441. The number of rotatable bonds is 7. The third-order valence-corrected chi connectivity index (χ3v) is 4.69. The molecule has 0 saturated carbocycles. The highest BCUT2D eigenvalue weighted by Gasteiger charge is 2.20. The molecule has 1 saturated heterocycles. The molecule has 8 nitrogen and oxygen atoms in total. The summed E-state index contributed by atoms with van der Waals surface area (Å²) in [4.78, 5) is 27.5. The average Bonchev–Trinajstić information content (AvgIpc) is 3.13. The van der Waals surface area contributed by atoms with Crippen LogP contribution >= 0.6 is 0 Å². The van der Waals surface area contributed by atoms with E-state index in [0.717, 1.165) is 31.6 Å². The molecule has 1 amide bonds. The molecule has 2 heterocycles. The van der Waals surface area contributed by atoms with E-state index in [1.807, 2.05) is 19.2 Å². The molecule has 0 radical (unpaired) electrons. The molecule has 1 aliphatic rings. The molecule has 3 rings (SSSR count). The van der Waals surface area contributed by atoms with E-state index >= 15 is 0 Å². The van der Waals surface area contributed by atoms with Gasteiger partial charge < -0.3 is 21.3 Å². The van der Waals surface area contributed by atoms with Gasteiger partial charge in [0.25, 0.3) is 0 Å². The SMILES string of the molecule is CN(CC(C)(C)C)c1nc(Cc2cccc(C(N)=O)c2)nc(N[C@H]2CCNC2)n1. The smallest absolute Gasteiger partial charge is 0.248 e. The van der Waals surface area contributed by atoms with Crippen LogP contribution in [0.1, 0.15) is 48.9 Å². The van der Waals surface area contributed by atoms with Crippen molar-refractivity contribution in [3.8, 4) is 0 Å². The van der Waals surface area contributed by atoms with Crippen molar-refractivity contribution in [1.82, 2.24) is 20.3 Å². The van der Waals surface area contributed by atoms with E-state index in [9.17, 15) is 4.79 Å². The van der Waals surface area contributed by atoms with Crippen molar-refractivity contribution >= 4 is 17.8 Å². The number of amides is 1. The number of nitrogens with one attached hydrogen (secondary N) is 2. The molecule has 4 N–H and O–H groups in total. The van der Waals surface area contributed by atoms with Gasteiger partial charge in [0.05, 0.1) is 0 Å². The fraction of sp³-hybridized carbons (Fsp3) is 0.524. The number of nitrogens with two attached hydrogens (primary N) is 1. The van der Waals surface area contributed by atoms with Crippen LogP contribution in [0.15, 0.2) is 24.3 Å². The van der Waals surface area contributed by atoms with Crippen molar-refractivity contribution in [2.75, 3.05) is 36.9 Å². The van der Waals surface area contributed by atoms with E-state index in [-0.39, 0.29) is 5.41 Å². The zero-order valence-corrected chi connectivity index (χ0v) is 17.7. The first-order valence-corrected chi connectivity index (χ1v) is 10.0. The fourth-order valence-corrected chi connectivity index (χ4v) is 3.48. The molecule has 2 aromatic rings. The van der Waals surface area contributed by atoms with Crippen LogP contribution < -0.4 is 21.3 Å². The van der Waals surface area contributed by atoms with Gasteiger partial charge in [-0.2, -0.15) is 15.0 Å². The molecular weight excluding hydrogens is 366 g/mol. The van der Waals surface area contributed by atoms with Gasteiger partial charge in [0, 0.05) is 38.2 Å². The molecule has 156 valence electrons. The lowest BCUT2D eigenvalue weighted by molar-refractivity contribution is 0.1000. The number of hydrogen-bond donors (Lipinski definition) is 3. The van der Waals surface area contributed by atoms with Gasteiger partial charge in [-0.1, -0.05) is 32.9 Å². The second-order valence-corrected chi connectivity index (χ2v) is 8.87. The molecule has 1 atom stereocenters. The van der Waals surface area contributed by atoms with Crippen molar-refractivity contribution in [1.29, 1.82) is 0 Å². The Morgan fingerprint density at radius 3 is 2.76 bits per heavy atom. The molecule has 1 fully saturated rings. The monoisotopic (exact) mass is 397 g/mol. The van der Waals surface area contributed by atoms with Gasteiger partial charge in [0.1, 0.15) is 5.82 Å². The summed E-state index contributed by atoms with van der Waals surface area (Å²) in [5.41, 5.74) is 6.94. The van der Waals surface area contributed by atoms with Gasteiger partial charge in [-0.05, 0) is 36.1 Å². The van der Waals surface area contributed by atoms with Crippen LogP contribution in [0.25, 0.3) is 0 Å². The summed E-state index contributed by atoms with van der Waals surface area (Å²) in [5, 5.41) is 6.77. The lowest BCUT2D eigenvalue weighted by Gasteiger charge is -2.27.